The minimum Gasteiger partial charge on any atom is -1.00 e. The van der Waals surface area contributed by atoms with Crippen molar-refractivity contribution >= 4 is 28.8 Å². The molecule has 0 amide bonds. The fourth-order valence-electron chi connectivity index (χ4n) is 1.22. The molecule has 0 aromatic heterocycles. The molecule has 0 radical (unpaired) electrons. The summed E-state index contributed by atoms with van der Waals surface area (Å²) in [7, 11) is 1.88. The fourth-order valence-corrected chi connectivity index (χ4v) is 1.41. The molecule has 1 unspecified atom stereocenters. The molecule has 0 fully saturated rings. The molecular formula is C10H17ClN4OS. The summed E-state index contributed by atoms with van der Waals surface area (Å²) < 4.78 is 1.85. The minimum atomic E-state index is -0.688. The SMILES string of the molecule is CCNC(=S)NN=C1C=C[N+](C)=C(C)C1O.[Cl-]. The summed E-state index contributed by atoms with van der Waals surface area (Å²) in [6.45, 7) is 4.54. The largest absolute Gasteiger partial charge is 1.00 e. The van der Waals surface area contributed by atoms with Crippen molar-refractivity contribution in [1.82, 2.24) is 10.7 Å². The normalized spacial score (nSPS) is 21.2. The molecule has 96 valence electrons. The van der Waals surface area contributed by atoms with Crippen LogP contribution in [0.1, 0.15) is 13.8 Å². The molecule has 0 aromatic carbocycles. The number of halogens is 1. The first-order valence-electron chi connectivity index (χ1n) is 5.10. The molecule has 0 aromatic rings. The van der Waals surface area contributed by atoms with Crippen LogP contribution in [-0.2, 0) is 0 Å². The molecule has 3 N–H and O–H groups in total. The second-order valence-electron chi connectivity index (χ2n) is 3.48. The lowest BCUT2D eigenvalue weighted by molar-refractivity contribution is -0.426. The van der Waals surface area contributed by atoms with Crippen molar-refractivity contribution in [3.63, 3.8) is 0 Å². The molecule has 1 rings (SSSR count). The molecule has 1 aliphatic heterocycles. The van der Waals surface area contributed by atoms with Crippen LogP contribution in [0.15, 0.2) is 17.4 Å². The summed E-state index contributed by atoms with van der Waals surface area (Å²) in [5.41, 5.74) is 4.07. The molecule has 0 saturated heterocycles. The number of hydrazone groups is 1. The zero-order chi connectivity index (χ0) is 12.1. The van der Waals surface area contributed by atoms with Crippen LogP contribution in [0.2, 0.25) is 0 Å². The van der Waals surface area contributed by atoms with Crippen molar-refractivity contribution < 1.29 is 22.1 Å². The lowest BCUT2D eigenvalue weighted by atomic mass is 10.1. The maximum atomic E-state index is 9.89. The Kier molecular flexibility index (Phi) is 6.94. The Bertz CT molecular complexity index is 379. The molecule has 1 atom stereocenters. The average Bonchev–Trinajstić information content (AvgIpc) is 2.25. The van der Waals surface area contributed by atoms with Gasteiger partial charge in [-0.05, 0) is 19.1 Å². The Labute approximate surface area is 113 Å². The first-order chi connectivity index (χ1) is 7.56. The highest BCUT2D eigenvalue weighted by Gasteiger charge is 2.24. The van der Waals surface area contributed by atoms with Crippen LogP contribution in [0, 0.1) is 0 Å². The van der Waals surface area contributed by atoms with Gasteiger partial charge in [-0.15, -0.1) is 0 Å². The smallest absolute Gasteiger partial charge is 0.189 e. The average molecular weight is 277 g/mol. The zero-order valence-electron chi connectivity index (χ0n) is 10.1. The van der Waals surface area contributed by atoms with E-state index in [4.69, 9.17) is 12.2 Å². The van der Waals surface area contributed by atoms with Crippen LogP contribution in [0.3, 0.4) is 0 Å². The predicted octanol–water partition coefficient (Wildman–Crippen LogP) is -3.18. The molecule has 1 aliphatic rings. The van der Waals surface area contributed by atoms with Gasteiger partial charge in [0.25, 0.3) is 0 Å². The molecule has 0 bridgehead atoms. The number of hydrogen-bond donors (Lipinski definition) is 3. The third-order valence-corrected chi connectivity index (χ3v) is 2.56. The lowest BCUT2D eigenvalue weighted by Gasteiger charge is -2.13. The van der Waals surface area contributed by atoms with Crippen LogP contribution in [0.4, 0.5) is 0 Å². The van der Waals surface area contributed by atoms with Crippen molar-refractivity contribution in [3.05, 3.63) is 12.3 Å². The first-order valence-corrected chi connectivity index (χ1v) is 5.51. The Hall–Kier alpha value is -0.980. The summed E-state index contributed by atoms with van der Waals surface area (Å²) >= 11 is 4.96. The number of thiocarbonyl (C=S) groups is 1. The van der Waals surface area contributed by atoms with Crippen LogP contribution in [0.25, 0.3) is 0 Å². The van der Waals surface area contributed by atoms with E-state index >= 15 is 0 Å². The predicted molar refractivity (Wildman–Crippen MR) is 68.9 cm³/mol. The molecule has 1 heterocycles. The van der Waals surface area contributed by atoms with E-state index in [9.17, 15) is 5.11 Å². The maximum Gasteiger partial charge on any atom is 0.189 e. The highest BCUT2D eigenvalue weighted by atomic mass is 35.5. The molecule has 0 aliphatic carbocycles. The third kappa shape index (κ3) is 4.41. The summed E-state index contributed by atoms with van der Waals surface area (Å²) in [6, 6.07) is 0. The quantitative estimate of drug-likeness (QED) is 0.283. The Morgan fingerprint density at radius 2 is 2.29 bits per heavy atom. The summed E-state index contributed by atoms with van der Waals surface area (Å²) in [6.07, 6.45) is 2.91. The van der Waals surface area contributed by atoms with Gasteiger partial charge in [0, 0.05) is 19.5 Å². The van der Waals surface area contributed by atoms with Gasteiger partial charge in [0.1, 0.15) is 12.8 Å². The molecule has 7 heteroatoms. The van der Waals surface area contributed by atoms with E-state index in [-0.39, 0.29) is 12.4 Å². The Morgan fingerprint density at radius 1 is 1.65 bits per heavy atom. The molecule has 0 spiro atoms. The topological polar surface area (TPSA) is 59.7 Å². The van der Waals surface area contributed by atoms with Crippen LogP contribution in [0.5, 0.6) is 0 Å². The number of aliphatic hydroxyl groups excluding tert-OH is 1. The minimum absolute atomic E-state index is 0. The third-order valence-electron chi connectivity index (χ3n) is 2.32. The second-order valence-corrected chi connectivity index (χ2v) is 3.89. The summed E-state index contributed by atoms with van der Waals surface area (Å²) in [4.78, 5) is 0. The number of nitrogens with zero attached hydrogens (tertiary/aromatic N) is 2. The molecule has 5 nitrogen and oxygen atoms in total. The van der Waals surface area contributed by atoms with Crippen LogP contribution < -0.4 is 23.1 Å². The fraction of sp³-hybridized carbons (Fsp3) is 0.500. The number of nitrogens with one attached hydrogen (secondary N) is 2. The molecule has 17 heavy (non-hydrogen) atoms. The Morgan fingerprint density at radius 3 is 2.88 bits per heavy atom. The van der Waals surface area contributed by atoms with Gasteiger partial charge in [-0.3, -0.25) is 5.43 Å². The second kappa shape index (κ2) is 7.37. The summed E-state index contributed by atoms with van der Waals surface area (Å²) in [5.74, 6) is 0. The highest BCUT2D eigenvalue weighted by molar-refractivity contribution is 7.80. The maximum absolute atomic E-state index is 9.89. The van der Waals surface area contributed by atoms with Gasteiger partial charge in [0.15, 0.2) is 23.1 Å². The van der Waals surface area contributed by atoms with Gasteiger partial charge < -0.3 is 22.8 Å². The molecular weight excluding hydrogens is 260 g/mol. The van der Waals surface area contributed by atoms with E-state index in [0.29, 0.717) is 10.8 Å². The van der Waals surface area contributed by atoms with Crippen molar-refractivity contribution in [3.8, 4) is 0 Å². The lowest BCUT2D eigenvalue weighted by Crippen LogP contribution is -3.00. The van der Waals surface area contributed by atoms with E-state index in [1.807, 2.05) is 31.7 Å². The van der Waals surface area contributed by atoms with Gasteiger partial charge in [-0.25, -0.2) is 4.58 Å². The van der Waals surface area contributed by atoms with Crippen LogP contribution in [-0.4, -0.2) is 45.9 Å². The zero-order valence-corrected chi connectivity index (χ0v) is 11.6. The van der Waals surface area contributed by atoms with E-state index in [1.54, 1.807) is 6.08 Å². The van der Waals surface area contributed by atoms with E-state index < -0.39 is 6.10 Å². The van der Waals surface area contributed by atoms with E-state index in [1.165, 1.54) is 0 Å². The van der Waals surface area contributed by atoms with Gasteiger partial charge in [0.05, 0.1) is 0 Å². The monoisotopic (exact) mass is 276 g/mol. The van der Waals surface area contributed by atoms with Crippen molar-refractivity contribution in [2.24, 2.45) is 5.10 Å². The molecule has 0 saturated carbocycles. The standard InChI is InChI=1S/C10H16N4OS.ClH/c1-4-11-10(16)13-12-8-5-6-14(3)7(2)9(8)15;/h5-6,9,15H,4H2,1-3H3,(H-,11,13,16);1H. The number of aliphatic hydroxyl groups is 1. The Balaban J connectivity index is 0.00000256. The summed E-state index contributed by atoms with van der Waals surface area (Å²) in [5, 5.41) is 17.3. The van der Waals surface area contributed by atoms with E-state index in [2.05, 4.69) is 15.8 Å². The first kappa shape index (κ1) is 16.0. The van der Waals surface area contributed by atoms with Gasteiger partial charge in [-0.1, -0.05) is 0 Å². The number of hydrogen-bond acceptors (Lipinski definition) is 3. The number of rotatable bonds is 2. The van der Waals surface area contributed by atoms with Crippen LogP contribution >= 0.6 is 12.2 Å². The van der Waals surface area contributed by atoms with E-state index in [0.717, 1.165) is 12.3 Å². The van der Waals surface area contributed by atoms with Gasteiger partial charge in [0.2, 0.25) is 0 Å². The van der Waals surface area contributed by atoms with Crippen molar-refractivity contribution in [2.45, 2.75) is 20.0 Å². The van der Waals surface area contributed by atoms with Gasteiger partial charge >= 0.3 is 0 Å². The van der Waals surface area contributed by atoms with Crippen molar-refractivity contribution in [2.75, 3.05) is 13.6 Å². The highest BCUT2D eigenvalue weighted by Crippen LogP contribution is 2.01. The van der Waals surface area contributed by atoms with Crippen molar-refractivity contribution in [1.29, 1.82) is 0 Å². The van der Waals surface area contributed by atoms with Gasteiger partial charge in [-0.2, -0.15) is 5.10 Å².